The molecule has 3 rings (SSSR count). The van der Waals surface area contributed by atoms with Gasteiger partial charge in [0.15, 0.2) is 0 Å². The molecular weight excluding hydrogens is 526 g/mol. The molecule has 1 aromatic carbocycles. The molecule has 0 spiro atoms. The number of benzene rings is 1. The maximum Gasteiger partial charge on any atom is 0.408 e. The van der Waals surface area contributed by atoms with Crippen molar-refractivity contribution in [2.45, 2.75) is 94.8 Å². The zero-order chi connectivity index (χ0) is 28.6. The number of aliphatic hydroxyl groups excluding tert-OH is 1. The van der Waals surface area contributed by atoms with Crippen LogP contribution in [0, 0.1) is 11.8 Å². The van der Waals surface area contributed by atoms with Crippen molar-refractivity contribution in [1.29, 1.82) is 0 Å². The Hall–Kier alpha value is -2.70. The Balaban J connectivity index is 1.69. The molecule has 1 unspecified atom stereocenters. The fraction of sp³-hybridized carbons (Fsp3) is 0.667. The first-order chi connectivity index (χ1) is 18.4. The van der Waals surface area contributed by atoms with Gasteiger partial charge in [-0.25, -0.2) is 4.79 Å². The SMILES string of the molecule is CC(C)C[C@H](NC(=O)OC1(CCc2ccccc2)CCCC1)C(=O)N[C@@H](C[C@@H]1CCNC1=O)C(O)S(=O)(=O)O. The van der Waals surface area contributed by atoms with E-state index in [1.54, 1.807) is 0 Å². The van der Waals surface area contributed by atoms with E-state index < -0.39 is 51.2 Å². The van der Waals surface area contributed by atoms with Crippen molar-refractivity contribution in [2.75, 3.05) is 6.54 Å². The Morgan fingerprint density at radius 1 is 1.15 bits per heavy atom. The van der Waals surface area contributed by atoms with E-state index in [4.69, 9.17) is 4.74 Å². The summed E-state index contributed by atoms with van der Waals surface area (Å²) in [6, 6.07) is 7.38. The van der Waals surface area contributed by atoms with Gasteiger partial charge < -0.3 is 25.8 Å². The average Bonchev–Trinajstić information content (AvgIpc) is 3.50. The van der Waals surface area contributed by atoms with E-state index in [0.717, 1.165) is 37.7 Å². The monoisotopic (exact) mass is 567 g/mol. The first-order valence-electron chi connectivity index (χ1n) is 13.6. The van der Waals surface area contributed by atoms with Gasteiger partial charge in [-0.05, 0) is 69.3 Å². The van der Waals surface area contributed by atoms with Crippen LogP contribution in [0.3, 0.4) is 0 Å². The molecule has 3 amide bonds. The minimum absolute atomic E-state index is 0.0230. The van der Waals surface area contributed by atoms with Gasteiger partial charge in [0.2, 0.25) is 17.3 Å². The average molecular weight is 568 g/mol. The fourth-order valence-electron chi connectivity index (χ4n) is 5.42. The molecular formula is C27H41N3O8S. The van der Waals surface area contributed by atoms with Gasteiger partial charge in [-0.2, -0.15) is 8.42 Å². The van der Waals surface area contributed by atoms with Gasteiger partial charge in [0, 0.05) is 12.5 Å². The Morgan fingerprint density at radius 3 is 2.38 bits per heavy atom. The molecule has 1 aliphatic carbocycles. The lowest BCUT2D eigenvalue weighted by atomic mass is 9.93. The maximum absolute atomic E-state index is 13.3. The molecule has 1 heterocycles. The third-order valence-corrected chi connectivity index (χ3v) is 8.47. The van der Waals surface area contributed by atoms with Crippen molar-refractivity contribution >= 4 is 28.0 Å². The maximum atomic E-state index is 13.3. The quantitative estimate of drug-likeness (QED) is 0.226. The van der Waals surface area contributed by atoms with Gasteiger partial charge in [-0.1, -0.05) is 44.2 Å². The van der Waals surface area contributed by atoms with Crippen LogP contribution < -0.4 is 16.0 Å². The minimum Gasteiger partial charge on any atom is -0.443 e. The second-order valence-corrected chi connectivity index (χ2v) is 12.6. The molecule has 1 saturated carbocycles. The molecule has 1 aromatic rings. The molecule has 2 aliphatic rings. The van der Waals surface area contributed by atoms with Crippen LogP contribution in [0.1, 0.15) is 70.8 Å². The van der Waals surface area contributed by atoms with Crippen LogP contribution in [0.25, 0.3) is 0 Å². The minimum atomic E-state index is -4.93. The highest BCUT2D eigenvalue weighted by molar-refractivity contribution is 7.86. The standard InChI is InChI=1S/C27H41N3O8S/c1-18(2)16-21(24(32)29-22(25(33)39(35,36)37)17-20-11-15-28-23(20)31)30-26(34)38-27(12-6-7-13-27)14-10-19-8-4-3-5-9-19/h3-5,8-9,18,20-22,25,33H,6-7,10-17H2,1-2H3,(H,28,31)(H,29,32)(H,30,34)(H,35,36,37)/t20-,21-,22-,25?/m0/s1. The van der Waals surface area contributed by atoms with Crippen molar-refractivity contribution < 1.29 is 37.2 Å². The highest BCUT2D eigenvalue weighted by Crippen LogP contribution is 2.37. The normalized spacial score (nSPS) is 21.2. The molecule has 0 radical (unpaired) electrons. The second-order valence-electron chi connectivity index (χ2n) is 11.1. The zero-order valence-corrected chi connectivity index (χ0v) is 23.4. The summed E-state index contributed by atoms with van der Waals surface area (Å²) < 4.78 is 38.8. The molecule has 1 aliphatic heterocycles. The van der Waals surface area contributed by atoms with Crippen LogP contribution in [-0.2, 0) is 30.9 Å². The van der Waals surface area contributed by atoms with E-state index in [1.165, 1.54) is 0 Å². The van der Waals surface area contributed by atoms with Crippen molar-refractivity contribution in [3.63, 3.8) is 0 Å². The smallest absolute Gasteiger partial charge is 0.408 e. The van der Waals surface area contributed by atoms with Gasteiger partial charge in [0.1, 0.15) is 11.6 Å². The van der Waals surface area contributed by atoms with E-state index in [0.29, 0.717) is 19.4 Å². The number of amides is 3. The van der Waals surface area contributed by atoms with E-state index >= 15 is 0 Å². The van der Waals surface area contributed by atoms with Crippen molar-refractivity contribution in [1.82, 2.24) is 16.0 Å². The molecule has 218 valence electrons. The van der Waals surface area contributed by atoms with Crippen LogP contribution >= 0.6 is 0 Å². The third kappa shape index (κ3) is 9.18. The van der Waals surface area contributed by atoms with Crippen LogP contribution in [0.2, 0.25) is 0 Å². The van der Waals surface area contributed by atoms with E-state index in [1.807, 2.05) is 44.2 Å². The summed E-state index contributed by atoms with van der Waals surface area (Å²) >= 11 is 0. The number of alkyl carbamates (subject to hydrolysis) is 1. The first-order valence-corrected chi connectivity index (χ1v) is 15.1. The second kappa shape index (κ2) is 13.6. The summed E-state index contributed by atoms with van der Waals surface area (Å²) in [6.07, 6.45) is 4.38. The Morgan fingerprint density at radius 2 is 1.82 bits per heavy atom. The number of nitrogens with one attached hydrogen (secondary N) is 3. The lowest BCUT2D eigenvalue weighted by Crippen LogP contribution is -2.55. The lowest BCUT2D eigenvalue weighted by molar-refractivity contribution is -0.126. The van der Waals surface area contributed by atoms with Gasteiger partial charge >= 0.3 is 6.09 Å². The molecule has 11 nitrogen and oxygen atoms in total. The van der Waals surface area contributed by atoms with E-state index in [9.17, 15) is 32.5 Å². The van der Waals surface area contributed by atoms with Crippen molar-refractivity contribution in [3.8, 4) is 0 Å². The Bertz CT molecular complexity index is 1090. The highest BCUT2D eigenvalue weighted by atomic mass is 32.2. The van der Waals surface area contributed by atoms with Crippen LogP contribution in [0.4, 0.5) is 4.79 Å². The number of hydrogen-bond donors (Lipinski definition) is 5. The number of aryl methyl sites for hydroxylation is 1. The number of carbonyl (C=O) groups excluding carboxylic acids is 3. The molecule has 2 fully saturated rings. The van der Waals surface area contributed by atoms with E-state index in [-0.39, 0.29) is 24.7 Å². The molecule has 4 atom stereocenters. The topological polar surface area (TPSA) is 171 Å². The summed E-state index contributed by atoms with van der Waals surface area (Å²) in [5.41, 5.74) is -1.83. The fourth-order valence-corrected chi connectivity index (χ4v) is 6.02. The van der Waals surface area contributed by atoms with Gasteiger partial charge in [-0.3, -0.25) is 14.1 Å². The number of rotatable bonds is 13. The lowest BCUT2D eigenvalue weighted by Gasteiger charge is -2.31. The molecule has 0 aromatic heterocycles. The van der Waals surface area contributed by atoms with Crippen LogP contribution in [-0.4, -0.2) is 65.7 Å². The van der Waals surface area contributed by atoms with E-state index in [2.05, 4.69) is 16.0 Å². The van der Waals surface area contributed by atoms with Crippen LogP contribution in [0.15, 0.2) is 30.3 Å². The summed E-state index contributed by atoms with van der Waals surface area (Å²) in [5, 5.41) is 18.0. The molecule has 0 bridgehead atoms. The van der Waals surface area contributed by atoms with Gasteiger partial charge in [0.05, 0.1) is 6.04 Å². The number of hydrogen-bond acceptors (Lipinski definition) is 7. The highest BCUT2D eigenvalue weighted by Gasteiger charge is 2.40. The van der Waals surface area contributed by atoms with Gasteiger partial charge in [0.25, 0.3) is 10.1 Å². The molecule has 12 heteroatoms. The summed E-state index contributed by atoms with van der Waals surface area (Å²) in [4.78, 5) is 38.4. The molecule has 1 saturated heterocycles. The third-order valence-electron chi connectivity index (χ3n) is 7.53. The summed E-state index contributed by atoms with van der Waals surface area (Å²) in [7, 11) is -4.93. The van der Waals surface area contributed by atoms with Crippen molar-refractivity contribution in [3.05, 3.63) is 35.9 Å². The number of ether oxygens (including phenoxy) is 1. The number of carbonyl (C=O) groups is 3. The molecule has 5 N–H and O–H groups in total. The van der Waals surface area contributed by atoms with Gasteiger partial charge in [-0.15, -0.1) is 0 Å². The summed E-state index contributed by atoms with van der Waals surface area (Å²) in [5.74, 6) is -1.73. The Labute approximate surface area is 230 Å². The molecule has 39 heavy (non-hydrogen) atoms. The largest absolute Gasteiger partial charge is 0.443 e. The van der Waals surface area contributed by atoms with Crippen LogP contribution in [0.5, 0.6) is 0 Å². The Kier molecular flexibility index (Phi) is 10.7. The first kappa shape index (κ1) is 30.8. The predicted octanol–water partition coefficient (Wildman–Crippen LogP) is 2.29. The number of aliphatic hydroxyl groups is 1. The summed E-state index contributed by atoms with van der Waals surface area (Å²) in [6.45, 7) is 4.11. The van der Waals surface area contributed by atoms with Crippen molar-refractivity contribution in [2.24, 2.45) is 11.8 Å². The predicted molar refractivity (Wildman–Crippen MR) is 144 cm³/mol. The zero-order valence-electron chi connectivity index (χ0n) is 22.6.